The lowest BCUT2D eigenvalue weighted by Crippen LogP contribution is -2.40. The maximum atomic E-state index is 12.3. The van der Waals surface area contributed by atoms with E-state index in [9.17, 15) is 9.59 Å². The molecule has 21 heavy (non-hydrogen) atoms. The third-order valence-corrected chi connectivity index (χ3v) is 3.17. The van der Waals surface area contributed by atoms with E-state index in [1.165, 1.54) is 14.2 Å². The third kappa shape index (κ3) is 4.11. The third-order valence-electron chi connectivity index (χ3n) is 3.17. The zero-order chi connectivity index (χ0) is 15.8. The van der Waals surface area contributed by atoms with Crippen molar-refractivity contribution < 1.29 is 19.1 Å². The molecule has 2 amide bonds. The molecule has 0 saturated heterocycles. The summed E-state index contributed by atoms with van der Waals surface area (Å²) in [7, 11) is 2.96. The molecular formula is C15H22N2O4. The van der Waals surface area contributed by atoms with Gasteiger partial charge in [0, 0.05) is 13.1 Å². The topological polar surface area (TPSA) is 67.9 Å². The van der Waals surface area contributed by atoms with Crippen LogP contribution in [0.5, 0.6) is 11.5 Å². The first kappa shape index (κ1) is 16.8. The predicted octanol–water partition coefficient (Wildman–Crippen LogP) is 1.30. The minimum atomic E-state index is -0.398. The van der Waals surface area contributed by atoms with Crippen molar-refractivity contribution >= 4 is 11.8 Å². The molecule has 0 radical (unpaired) electrons. The van der Waals surface area contributed by atoms with Crippen LogP contribution in [0.4, 0.5) is 0 Å². The predicted molar refractivity (Wildman–Crippen MR) is 79.8 cm³/mol. The molecule has 0 heterocycles. The van der Waals surface area contributed by atoms with E-state index in [4.69, 9.17) is 9.47 Å². The summed E-state index contributed by atoms with van der Waals surface area (Å²) < 4.78 is 10.3. The summed E-state index contributed by atoms with van der Waals surface area (Å²) in [6.07, 6.45) is 0. The first-order valence-electron chi connectivity index (χ1n) is 6.85. The Bertz CT molecular complexity index is 476. The lowest BCUT2D eigenvalue weighted by Gasteiger charge is -2.19. The van der Waals surface area contributed by atoms with Gasteiger partial charge < -0.3 is 19.7 Å². The van der Waals surface area contributed by atoms with Crippen molar-refractivity contribution in [2.75, 3.05) is 33.9 Å². The van der Waals surface area contributed by atoms with Crippen molar-refractivity contribution in [2.24, 2.45) is 0 Å². The Kier molecular flexibility index (Phi) is 6.52. The van der Waals surface area contributed by atoms with Crippen LogP contribution >= 0.6 is 0 Å². The minimum Gasteiger partial charge on any atom is -0.496 e. The number of benzene rings is 1. The van der Waals surface area contributed by atoms with E-state index in [-0.39, 0.29) is 18.0 Å². The van der Waals surface area contributed by atoms with E-state index in [2.05, 4.69) is 5.32 Å². The number of amides is 2. The average Bonchev–Trinajstić information content (AvgIpc) is 2.52. The molecular weight excluding hydrogens is 272 g/mol. The molecule has 0 spiro atoms. The average molecular weight is 294 g/mol. The maximum Gasteiger partial charge on any atom is 0.259 e. The first-order chi connectivity index (χ1) is 10.1. The second kappa shape index (κ2) is 8.14. The van der Waals surface area contributed by atoms with Gasteiger partial charge in [0.25, 0.3) is 5.91 Å². The highest BCUT2D eigenvalue weighted by Gasteiger charge is 2.19. The zero-order valence-corrected chi connectivity index (χ0v) is 12.9. The number of hydrogen-bond donors (Lipinski definition) is 1. The van der Waals surface area contributed by atoms with E-state index in [0.29, 0.717) is 24.6 Å². The Hall–Kier alpha value is -2.24. The van der Waals surface area contributed by atoms with Gasteiger partial charge in [-0.1, -0.05) is 6.07 Å². The van der Waals surface area contributed by atoms with Crippen LogP contribution in [0.25, 0.3) is 0 Å². The number of carbonyl (C=O) groups is 2. The number of carbonyl (C=O) groups excluding carboxylic acids is 2. The second-order valence-corrected chi connectivity index (χ2v) is 4.29. The van der Waals surface area contributed by atoms with Gasteiger partial charge in [-0.3, -0.25) is 9.59 Å². The molecule has 0 aliphatic carbocycles. The lowest BCUT2D eigenvalue weighted by atomic mass is 10.1. The van der Waals surface area contributed by atoms with Gasteiger partial charge in [-0.05, 0) is 26.0 Å². The number of hydrogen-bond acceptors (Lipinski definition) is 4. The maximum absolute atomic E-state index is 12.3. The van der Waals surface area contributed by atoms with Crippen LogP contribution in [0.15, 0.2) is 18.2 Å². The Balaban J connectivity index is 2.83. The van der Waals surface area contributed by atoms with Crippen LogP contribution < -0.4 is 14.8 Å². The Morgan fingerprint density at radius 3 is 2.05 bits per heavy atom. The molecule has 116 valence electrons. The fraction of sp³-hybridized carbons (Fsp3) is 0.467. The summed E-state index contributed by atoms with van der Waals surface area (Å²) in [4.78, 5) is 25.8. The second-order valence-electron chi connectivity index (χ2n) is 4.29. The fourth-order valence-corrected chi connectivity index (χ4v) is 2.01. The van der Waals surface area contributed by atoms with Gasteiger partial charge in [0.15, 0.2) is 0 Å². The van der Waals surface area contributed by atoms with E-state index < -0.39 is 5.91 Å². The molecule has 0 bridgehead atoms. The highest BCUT2D eigenvalue weighted by atomic mass is 16.5. The largest absolute Gasteiger partial charge is 0.496 e. The van der Waals surface area contributed by atoms with Gasteiger partial charge in [-0.25, -0.2) is 0 Å². The number of ether oxygens (including phenoxy) is 2. The molecule has 6 nitrogen and oxygen atoms in total. The van der Waals surface area contributed by atoms with Gasteiger partial charge in [-0.15, -0.1) is 0 Å². The van der Waals surface area contributed by atoms with Crippen molar-refractivity contribution in [1.29, 1.82) is 0 Å². The fourth-order valence-electron chi connectivity index (χ4n) is 2.01. The van der Waals surface area contributed by atoms with Crippen LogP contribution in [-0.4, -0.2) is 50.6 Å². The van der Waals surface area contributed by atoms with Crippen LogP contribution in [-0.2, 0) is 4.79 Å². The van der Waals surface area contributed by atoms with E-state index >= 15 is 0 Å². The summed E-state index contributed by atoms with van der Waals surface area (Å²) in [6, 6.07) is 5.07. The summed E-state index contributed by atoms with van der Waals surface area (Å²) in [5.74, 6) is 0.288. The van der Waals surface area contributed by atoms with E-state index in [1.807, 2.05) is 13.8 Å². The monoisotopic (exact) mass is 294 g/mol. The molecule has 1 aromatic carbocycles. The standard InChI is InChI=1S/C15H22N2O4/c1-5-17(6-2)13(18)10-16-15(19)14-11(20-3)8-7-9-12(14)21-4/h7-9H,5-6,10H2,1-4H3,(H,16,19). The highest BCUT2D eigenvalue weighted by Crippen LogP contribution is 2.27. The highest BCUT2D eigenvalue weighted by molar-refractivity contribution is 6.01. The summed E-state index contributed by atoms with van der Waals surface area (Å²) in [5.41, 5.74) is 0.287. The van der Waals surface area contributed by atoms with Crippen molar-refractivity contribution in [1.82, 2.24) is 10.2 Å². The molecule has 0 saturated carbocycles. The van der Waals surface area contributed by atoms with Gasteiger partial charge in [-0.2, -0.15) is 0 Å². The summed E-state index contributed by atoms with van der Waals surface area (Å²) >= 11 is 0. The van der Waals surface area contributed by atoms with Crippen LogP contribution in [0.1, 0.15) is 24.2 Å². The van der Waals surface area contributed by atoms with E-state index in [1.54, 1.807) is 23.1 Å². The quantitative estimate of drug-likeness (QED) is 0.823. The van der Waals surface area contributed by atoms with Gasteiger partial charge in [0.1, 0.15) is 17.1 Å². The molecule has 0 atom stereocenters. The Morgan fingerprint density at radius 1 is 1.10 bits per heavy atom. The smallest absolute Gasteiger partial charge is 0.259 e. The molecule has 0 aromatic heterocycles. The molecule has 0 fully saturated rings. The molecule has 1 aromatic rings. The zero-order valence-electron chi connectivity index (χ0n) is 12.9. The molecule has 1 rings (SSSR count). The SMILES string of the molecule is CCN(CC)C(=O)CNC(=O)c1c(OC)cccc1OC. The summed E-state index contributed by atoms with van der Waals surface area (Å²) in [6.45, 7) is 4.97. The van der Waals surface area contributed by atoms with E-state index in [0.717, 1.165) is 0 Å². The van der Waals surface area contributed by atoms with Crippen LogP contribution in [0.2, 0.25) is 0 Å². The van der Waals surface area contributed by atoms with Crippen molar-refractivity contribution in [3.8, 4) is 11.5 Å². The lowest BCUT2D eigenvalue weighted by molar-refractivity contribution is -0.129. The first-order valence-corrected chi connectivity index (χ1v) is 6.85. The minimum absolute atomic E-state index is 0.0539. The van der Waals surface area contributed by atoms with Gasteiger partial charge >= 0.3 is 0 Å². The Labute approximate surface area is 125 Å². The van der Waals surface area contributed by atoms with Crippen molar-refractivity contribution in [3.05, 3.63) is 23.8 Å². The van der Waals surface area contributed by atoms with Gasteiger partial charge in [0.05, 0.1) is 20.8 Å². The van der Waals surface area contributed by atoms with Crippen molar-refractivity contribution in [3.63, 3.8) is 0 Å². The molecule has 6 heteroatoms. The summed E-state index contributed by atoms with van der Waals surface area (Å²) in [5, 5.41) is 2.61. The number of methoxy groups -OCH3 is 2. The van der Waals surface area contributed by atoms with Crippen LogP contribution in [0.3, 0.4) is 0 Å². The number of likely N-dealkylation sites (N-methyl/N-ethyl adjacent to an activating group) is 1. The van der Waals surface area contributed by atoms with Crippen molar-refractivity contribution in [2.45, 2.75) is 13.8 Å². The number of nitrogens with one attached hydrogen (secondary N) is 1. The normalized spacial score (nSPS) is 9.90. The molecule has 0 aliphatic heterocycles. The molecule has 1 N–H and O–H groups in total. The van der Waals surface area contributed by atoms with Crippen LogP contribution in [0, 0.1) is 0 Å². The number of rotatable bonds is 7. The number of nitrogens with zero attached hydrogens (tertiary/aromatic N) is 1. The Morgan fingerprint density at radius 2 is 1.62 bits per heavy atom. The van der Waals surface area contributed by atoms with Gasteiger partial charge in [0.2, 0.25) is 5.91 Å². The molecule has 0 aliphatic rings. The molecule has 0 unspecified atom stereocenters.